The van der Waals surface area contributed by atoms with Gasteiger partial charge in [-0.2, -0.15) is 0 Å². The lowest BCUT2D eigenvalue weighted by Gasteiger charge is -2.32. The van der Waals surface area contributed by atoms with Gasteiger partial charge in [0.15, 0.2) is 70.1 Å². The minimum atomic E-state index is -1.85. The Balaban J connectivity index is -0.000000373. The molecule has 7 rings (SSSR count). The van der Waals surface area contributed by atoms with Crippen LogP contribution >= 0.6 is 0 Å². The van der Waals surface area contributed by atoms with E-state index in [1.807, 2.05) is 69.2 Å². The number of ether oxygens (including phenoxy) is 3. The Kier molecular flexibility index (Phi) is 41.6. The molecule has 0 saturated heterocycles. The van der Waals surface area contributed by atoms with Gasteiger partial charge in [0.05, 0.1) is 5.56 Å². The number of phenolic OH excluding ortho intramolecular Hbond substituents is 13. The molecule has 20 heteroatoms. The molecule has 0 radical (unpaired) electrons. The highest BCUT2D eigenvalue weighted by molar-refractivity contribution is 6.07. The highest BCUT2D eigenvalue weighted by atomic mass is 16.6. The molecule has 2 aliphatic heterocycles. The van der Waals surface area contributed by atoms with Gasteiger partial charge in [0.1, 0.15) is 45.6 Å². The maximum absolute atomic E-state index is 13.2. The van der Waals surface area contributed by atoms with Crippen LogP contribution in [0.4, 0.5) is 0 Å². The SMILES string of the molecule is CC.CC.CC.CC.CC.CC(C)(C)C.CC(C)(C)C.CC(C)(C)C.CC(C)(C)C.CC(C)(C)C.O=C(OC1C(=O)c2c(O)cc(O)cc2OC1c1cc(O)c(O)c(O)c1)c1cc(O)c(O)c(O)c1.O=C1c2c(O)cc(O)cc2OC(c2cc(O)c(O)c(O)c2)C1O. The van der Waals surface area contributed by atoms with Crippen LogP contribution in [0.1, 0.15) is 262 Å². The molecule has 5 aromatic carbocycles. The van der Waals surface area contributed by atoms with E-state index in [-0.39, 0.29) is 33.9 Å². The summed E-state index contributed by atoms with van der Waals surface area (Å²) in [5.74, 6) is -12.6. The van der Waals surface area contributed by atoms with E-state index in [1.54, 1.807) is 0 Å². The summed E-state index contributed by atoms with van der Waals surface area (Å²) in [5.41, 5.74) is 1.21. The molecule has 0 spiro atoms. The summed E-state index contributed by atoms with van der Waals surface area (Å²) in [6, 6.07) is 9.32. The van der Waals surface area contributed by atoms with Gasteiger partial charge in [0.2, 0.25) is 17.7 Å². The van der Waals surface area contributed by atoms with E-state index in [0.717, 1.165) is 60.7 Å². The molecule has 20 nitrogen and oxygen atoms in total. The van der Waals surface area contributed by atoms with Crippen LogP contribution in [0, 0.1) is 27.1 Å². The molecule has 0 fully saturated rings. The van der Waals surface area contributed by atoms with Gasteiger partial charge in [0.25, 0.3) is 0 Å². The summed E-state index contributed by atoms with van der Waals surface area (Å²) < 4.78 is 16.3. The summed E-state index contributed by atoms with van der Waals surface area (Å²) in [6.07, 6.45) is -6.44. The summed E-state index contributed by atoms with van der Waals surface area (Å²) in [5, 5.41) is 136. The van der Waals surface area contributed by atoms with E-state index in [9.17, 15) is 85.9 Å². The number of ketones is 2. The van der Waals surface area contributed by atoms with E-state index in [4.69, 9.17) is 14.2 Å². The predicted octanol–water partition coefficient (Wildman–Crippen LogP) is 18.2. The minimum Gasteiger partial charge on any atom is -0.508 e. The monoisotopic (exact) mass is 1300 g/mol. The van der Waals surface area contributed by atoms with Crippen molar-refractivity contribution in [3.05, 3.63) is 88.5 Å². The van der Waals surface area contributed by atoms with Crippen LogP contribution in [0.2, 0.25) is 0 Å². The Bertz CT molecular complexity index is 2830. The van der Waals surface area contributed by atoms with E-state index in [2.05, 4.69) is 138 Å². The fourth-order valence-corrected chi connectivity index (χ4v) is 5.91. The van der Waals surface area contributed by atoms with Crippen molar-refractivity contribution in [3.63, 3.8) is 0 Å². The zero-order chi connectivity index (χ0) is 74.3. The first-order valence-electron chi connectivity index (χ1n) is 30.9. The second-order valence-electron chi connectivity index (χ2n) is 27.4. The van der Waals surface area contributed by atoms with Crippen molar-refractivity contribution < 1.29 is 100 Å². The molecule has 0 amide bonds. The van der Waals surface area contributed by atoms with Gasteiger partial charge in [0, 0.05) is 35.4 Å². The van der Waals surface area contributed by atoms with Gasteiger partial charge in [-0.15, -0.1) is 0 Å². The van der Waals surface area contributed by atoms with E-state index < -0.39 is 122 Å². The molecule has 2 heterocycles. The largest absolute Gasteiger partial charge is 0.508 e. The first-order valence-corrected chi connectivity index (χ1v) is 30.9. The summed E-state index contributed by atoms with van der Waals surface area (Å²) in [7, 11) is 0. The third kappa shape index (κ3) is 37.3. The standard InChI is InChI=1S/C22H16O12.C15H12O8.5C5H12.5C2H6/c23-9-5-10(24)16-15(6-9)33-20(7-1-11(25)17(29)12(26)2-7)21(19(16)31)34-22(32)8-3-13(27)18(30)14(28)4-8;16-6-3-7(17)11-10(4-6)23-15(14(22)13(11)21)5-1-8(18)12(20)9(19)2-5;5*1-5(2,3)4;5*1-2/h1-6,20-21,23-30H;1-4,14-20,22H;5*1-4H3;5*1-2H3. The number of rotatable bonds is 4. The molecular formula is C72H118O20. The molecule has 5 aromatic rings. The molecule has 0 bridgehead atoms. The number of aliphatic hydroxyl groups excluding tert-OH is 1. The fraction of sp³-hybridized carbons (Fsp3) is 0.542. The van der Waals surface area contributed by atoms with Crippen LogP contribution in [0.5, 0.6) is 86.2 Å². The molecule has 2 aliphatic rings. The third-order valence-corrected chi connectivity index (χ3v) is 8.60. The van der Waals surface area contributed by atoms with Gasteiger partial charge in [-0.3, -0.25) is 9.59 Å². The number of phenols is 13. The van der Waals surface area contributed by atoms with Gasteiger partial charge < -0.3 is 85.7 Å². The number of hydrogen-bond donors (Lipinski definition) is 14. The molecule has 0 saturated carbocycles. The molecule has 0 aliphatic carbocycles. The van der Waals surface area contributed by atoms with Crippen molar-refractivity contribution in [3.8, 4) is 86.2 Å². The highest BCUT2D eigenvalue weighted by Crippen LogP contribution is 2.48. The smallest absolute Gasteiger partial charge is 0.339 e. The maximum Gasteiger partial charge on any atom is 0.339 e. The zero-order valence-corrected chi connectivity index (χ0v) is 60.8. The van der Waals surface area contributed by atoms with Crippen LogP contribution < -0.4 is 9.47 Å². The van der Waals surface area contributed by atoms with Crippen molar-refractivity contribution in [2.75, 3.05) is 0 Å². The Labute approximate surface area is 549 Å². The summed E-state index contributed by atoms with van der Waals surface area (Å²) >= 11 is 0. The number of aromatic hydroxyl groups is 13. The Morgan fingerprint density at radius 2 is 0.576 bits per heavy atom. The zero-order valence-electron chi connectivity index (χ0n) is 60.8. The van der Waals surface area contributed by atoms with Crippen LogP contribution in [0.25, 0.3) is 0 Å². The van der Waals surface area contributed by atoms with Crippen LogP contribution in [-0.4, -0.2) is 101 Å². The minimum absolute atomic E-state index is 0.0205. The van der Waals surface area contributed by atoms with Crippen molar-refractivity contribution >= 4 is 17.5 Å². The highest BCUT2D eigenvalue weighted by Gasteiger charge is 2.44. The van der Waals surface area contributed by atoms with Gasteiger partial charge in [-0.05, 0) is 63.5 Å². The molecule has 14 N–H and O–H groups in total. The topological polar surface area (TPSA) is 362 Å². The van der Waals surface area contributed by atoms with Crippen LogP contribution in [0.15, 0.2) is 60.7 Å². The number of carbonyl (C=O) groups is 3. The lowest BCUT2D eigenvalue weighted by molar-refractivity contribution is -0.0102. The Morgan fingerprint density at radius 1 is 0.348 bits per heavy atom. The van der Waals surface area contributed by atoms with Crippen LogP contribution in [-0.2, 0) is 4.74 Å². The number of aliphatic hydroxyl groups is 1. The summed E-state index contributed by atoms with van der Waals surface area (Å²) in [6.45, 7) is 63.8. The Hall–Kier alpha value is -8.13. The lowest BCUT2D eigenvalue weighted by atomic mass is 9.92. The predicted molar refractivity (Wildman–Crippen MR) is 367 cm³/mol. The molecule has 526 valence electrons. The van der Waals surface area contributed by atoms with Crippen molar-refractivity contribution in [2.24, 2.45) is 27.1 Å². The molecule has 4 unspecified atom stereocenters. The fourth-order valence-electron chi connectivity index (χ4n) is 5.91. The quantitative estimate of drug-likeness (QED) is 0.0587. The second-order valence-corrected chi connectivity index (χ2v) is 27.4. The first-order chi connectivity index (χ1) is 41.8. The van der Waals surface area contributed by atoms with Crippen molar-refractivity contribution in [2.45, 2.75) is 232 Å². The average Bonchev–Trinajstić information content (AvgIpc) is 0.771. The van der Waals surface area contributed by atoms with Gasteiger partial charge in [-0.25, -0.2) is 4.79 Å². The third-order valence-electron chi connectivity index (χ3n) is 8.60. The molecule has 0 aromatic heterocycles. The van der Waals surface area contributed by atoms with Crippen LogP contribution in [0.3, 0.4) is 0 Å². The van der Waals surface area contributed by atoms with Crippen molar-refractivity contribution in [1.82, 2.24) is 0 Å². The second kappa shape index (κ2) is 41.4. The maximum atomic E-state index is 13.2. The van der Waals surface area contributed by atoms with E-state index in [1.165, 1.54) is 0 Å². The van der Waals surface area contributed by atoms with E-state index in [0.29, 0.717) is 27.1 Å². The normalized spacial score (nSPS) is 14.9. The number of Topliss-reactive ketones (excluding diaryl/α,β-unsaturated/α-hetero) is 2. The summed E-state index contributed by atoms with van der Waals surface area (Å²) in [4.78, 5) is 38.2. The average molecular weight is 1300 g/mol. The van der Waals surface area contributed by atoms with E-state index >= 15 is 0 Å². The number of benzene rings is 5. The molecule has 92 heavy (non-hydrogen) atoms. The number of esters is 1. The number of fused-ring (bicyclic) bond motifs is 2. The molecule has 4 atom stereocenters. The lowest BCUT2D eigenvalue weighted by Crippen LogP contribution is -2.40. The van der Waals surface area contributed by atoms with Gasteiger partial charge >= 0.3 is 5.97 Å². The van der Waals surface area contributed by atoms with Gasteiger partial charge in [-0.1, -0.05) is 208 Å². The number of carbonyl (C=O) groups excluding carboxylic acids is 3. The Morgan fingerprint density at radius 3 is 0.848 bits per heavy atom. The number of hydrogen-bond acceptors (Lipinski definition) is 20. The van der Waals surface area contributed by atoms with Crippen molar-refractivity contribution in [1.29, 1.82) is 0 Å². The first kappa shape index (κ1) is 92.6. The molecular weight excluding hydrogens is 1180 g/mol.